The summed E-state index contributed by atoms with van der Waals surface area (Å²) in [7, 11) is 0. The summed E-state index contributed by atoms with van der Waals surface area (Å²) in [5.74, 6) is -2.40. The third-order valence-corrected chi connectivity index (χ3v) is 3.65. The van der Waals surface area contributed by atoms with Crippen molar-refractivity contribution in [3.05, 3.63) is 42.0 Å². The fourth-order valence-corrected chi connectivity index (χ4v) is 2.28. The largest absolute Gasteiger partial charge is 0.545 e. The minimum absolute atomic E-state index is 0.0251. The Morgan fingerprint density at radius 3 is 2.30 bits per heavy atom. The molecule has 9 heteroatoms. The summed E-state index contributed by atoms with van der Waals surface area (Å²) in [5, 5.41) is 32.1. The van der Waals surface area contributed by atoms with E-state index >= 15 is 0 Å². The van der Waals surface area contributed by atoms with Gasteiger partial charge in [-0.15, -0.1) is 0 Å². The molecule has 1 fully saturated rings. The number of nitrogens with one attached hydrogen (secondary N) is 1. The van der Waals surface area contributed by atoms with E-state index < -0.39 is 18.0 Å². The van der Waals surface area contributed by atoms with Gasteiger partial charge in [0.25, 0.3) is 0 Å². The van der Waals surface area contributed by atoms with Crippen LogP contribution in [0.2, 0.25) is 0 Å². The smallest absolute Gasteiger partial charge is 0.187 e. The summed E-state index contributed by atoms with van der Waals surface area (Å²) < 4.78 is 17.0. The van der Waals surface area contributed by atoms with Gasteiger partial charge in [0, 0.05) is 17.6 Å². The van der Waals surface area contributed by atoms with Gasteiger partial charge < -0.3 is 44.4 Å². The second kappa shape index (κ2) is 13.0. The molecular formula is C21H29NO8-2. The summed E-state index contributed by atoms with van der Waals surface area (Å²) in [6, 6.07) is 7.65. The van der Waals surface area contributed by atoms with Crippen LogP contribution in [0.1, 0.15) is 39.0 Å². The molecule has 1 saturated heterocycles. The van der Waals surface area contributed by atoms with Gasteiger partial charge in [-0.2, -0.15) is 0 Å². The molecule has 0 aliphatic carbocycles. The summed E-state index contributed by atoms with van der Waals surface area (Å²) in [6.07, 6.45) is 0.733. The molecule has 1 atom stereocenters. The number of ether oxygens (including phenoxy) is 3. The third kappa shape index (κ3) is 11.5. The number of aliphatic hydroxyl groups excluding tert-OH is 1. The lowest BCUT2D eigenvalue weighted by Crippen LogP contribution is -2.42. The van der Waals surface area contributed by atoms with E-state index in [2.05, 4.69) is 26.1 Å². The molecule has 1 heterocycles. The number of carboxylic acids is 2. The van der Waals surface area contributed by atoms with Gasteiger partial charge in [0.15, 0.2) is 6.29 Å². The molecular weight excluding hydrogens is 394 g/mol. The highest BCUT2D eigenvalue weighted by Crippen LogP contribution is 2.30. The summed E-state index contributed by atoms with van der Waals surface area (Å²) in [6.45, 7) is 8.29. The SMILES string of the molecule is CC(C)(C)NCC(O)COc1ccccc1C1OCCCO1.O=C([O-])C=CC(=O)[O-]. The third-order valence-electron chi connectivity index (χ3n) is 3.65. The Morgan fingerprint density at radius 2 is 1.77 bits per heavy atom. The van der Waals surface area contributed by atoms with Crippen molar-refractivity contribution >= 4 is 11.9 Å². The predicted octanol–water partition coefficient (Wildman–Crippen LogP) is -0.708. The van der Waals surface area contributed by atoms with Crippen molar-refractivity contribution in [1.29, 1.82) is 0 Å². The van der Waals surface area contributed by atoms with Gasteiger partial charge >= 0.3 is 0 Å². The van der Waals surface area contributed by atoms with Gasteiger partial charge in [-0.3, -0.25) is 0 Å². The van der Waals surface area contributed by atoms with Crippen LogP contribution in [0.25, 0.3) is 0 Å². The number of hydrogen-bond acceptors (Lipinski definition) is 9. The normalized spacial score (nSPS) is 15.9. The number of benzene rings is 1. The zero-order chi connectivity index (χ0) is 22.6. The first-order valence-electron chi connectivity index (χ1n) is 9.56. The molecule has 30 heavy (non-hydrogen) atoms. The van der Waals surface area contributed by atoms with Crippen LogP contribution < -0.4 is 20.3 Å². The highest BCUT2D eigenvalue weighted by molar-refractivity contribution is 5.87. The Balaban J connectivity index is 0.000000479. The molecule has 1 aliphatic heterocycles. The Bertz CT molecular complexity index is 676. The molecule has 0 spiro atoms. The van der Waals surface area contributed by atoms with E-state index in [1.807, 2.05) is 24.3 Å². The standard InChI is InChI=1S/C17H27NO4.C4H4O4/c1-17(2,3)18-11-13(19)12-22-15-8-5-4-7-14(15)16-20-9-6-10-21-16;5-3(6)1-2-4(7)8/h4-5,7-8,13,16,18-19H,6,9-12H2,1-3H3;1-2H,(H,5,6)(H,7,8)/p-2. The first-order chi connectivity index (χ1) is 14.1. The quantitative estimate of drug-likeness (QED) is 0.519. The highest BCUT2D eigenvalue weighted by atomic mass is 16.7. The van der Waals surface area contributed by atoms with E-state index in [4.69, 9.17) is 14.2 Å². The number of aliphatic carboxylic acids is 2. The number of para-hydroxylation sites is 1. The van der Waals surface area contributed by atoms with Crippen LogP contribution in [0.15, 0.2) is 36.4 Å². The zero-order valence-electron chi connectivity index (χ0n) is 17.5. The van der Waals surface area contributed by atoms with Crippen molar-refractivity contribution in [2.45, 2.75) is 45.1 Å². The van der Waals surface area contributed by atoms with E-state index in [1.165, 1.54) is 0 Å². The average molecular weight is 423 g/mol. The van der Waals surface area contributed by atoms with Crippen molar-refractivity contribution in [3.8, 4) is 5.75 Å². The highest BCUT2D eigenvalue weighted by Gasteiger charge is 2.21. The van der Waals surface area contributed by atoms with Crippen molar-refractivity contribution in [3.63, 3.8) is 0 Å². The lowest BCUT2D eigenvalue weighted by molar-refractivity contribution is -0.301. The lowest BCUT2D eigenvalue weighted by Gasteiger charge is -2.26. The molecule has 0 bridgehead atoms. The van der Waals surface area contributed by atoms with E-state index in [0.717, 1.165) is 12.0 Å². The van der Waals surface area contributed by atoms with Crippen LogP contribution in [0, 0.1) is 0 Å². The Kier molecular flexibility index (Phi) is 11.1. The Hall–Kier alpha value is -2.46. The van der Waals surface area contributed by atoms with Gasteiger partial charge in [-0.1, -0.05) is 18.2 Å². The molecule has 9 nitrogen and oxygen atoms in total. The molecule has 0 amide bonds. The van der Waals surface area contributed by atoms with E-state index in [1.54, 1.807) is 0 Å². The minimum atomic E-state index is -1.55. The maximum Gasteiger partial charge on any atom is 0.187 e. The van der Waals surface area contributed by atoms with Crippen LogP contribution >= 0.6 is 0 Å². The number of hydrogen-bond donors (Lipinski definition) is 2. The maximum absolute atomic E-state index is 10.0. The second-order valence-electron chi connectivity index (χ2n) is 7.53. The monoisotopic (exact) mass is 423 g/mol. The average Bonchev–Trinajstić information content (AvgIpc) is 2.70. The first kappa shape index (κ1) is 25.6. The number of aliphatic hydroxyl groups is 1. The van der Waals surface area contributed by atoms with Crippen molar-refractivity contribution < 1.29 is 39.1 Å². The lowest BCUT2D eigenvalue weighted by atomic mass is 10.1. The van der Waals surface area contributed by atoms with Crippen molar-refractivity contribution in [2.24, 2.45) is 0 Å². The van der Waals surface area contributed by atoms with Crippen molar-refractivity contribution in [1.82, 2.24) is 5.32 Å². The van der Waals surface area contributed by atoms with Crippen molar-refractivity contribution in [2.75, 3.05) is 26.4 Å². The molecule has 2 rings (SSSR count). The van der Waals surface area contributed by atoms with Gasteiger partial charge in [0.1, 0.15) is 18.5 Å². The van der Waals surface area contributed by atoms with Crippen LogP contribution in [0.3, 0.4) is 0 Å². The van der Waals surface area contributed by atoms with E-state index in [9.17, 15) is 24.9 Å². The Labute approximate surface area is 176 Å². The Morgan fingerprint density at radius 1 is 1.20 bits per heavy atom. The topological polar surface area (TPSA) is 140 Å². The number of carbonyl (C=O) groups excluding carboxylic acids is 2. The second-order valence-corrected chi connectivity index (χ2v) is 7.53. The molecule has 168 valence electrons. The van der Waals surface area contributed by atoms with Gasteiger partial charge in [-0.05, 0) is 45.4 Å². The summed E-state index contributed by atoms with van der Waals surface area (Å²) in [4.78, 5) is 18.8. The van der Waals surface area contributed by atoms with Crippen LogP contribution in [0.5, 0.6) is 5.75 Å². The van der Waals surface area contributed by atoms with Gasteiger partial charge in [-0.25, -0.2) is 0 Å². The fourth-order valence-electron chi connectivity index (χ4n) is 2.28. The molecule has 2 N–H and O–H groups in total. The number of rotatable bonds is 8. The molecule has 1 aromatic carbocycles. The fraction of sp³-hybridized carbons (Fsp3) is 0.524. The molecule has 1 aliphatic rings. The zero-order valence-corrected chi connectivity index (χ0v) is 17.5. The molecule has 0 saturated carbocycles. The maximum atomic E-state index is 10.0. The first-order valence-corrected chi connectivity index (χ1v) is 9.56. The minimum Gasteiger partial charge on any atom is -0.545 e. The summed E-state index contributed by atoms with van der Waals surface area (Å²) >= 11 is 0. The van der Waals surface area contributed by atoms with Crippen LogP contribution in [-0.2, 0) is 19.1 Å². The van der Waals surface area contributed by atoms with Gasteiger partial charge in [0.05, 0.1) is 25.2 Å². The van der Waals surface area contributed by atoms with Crippen LogP contribution in [-0.4, -0.2) is 55.1 Å². The van der Waals surface area contributed by atoms with E-state index in [-0.39, 0.29) is 18.4 Å². The predicted molar refractivity (Wildman–Crippen MR) is 104 cm³/mol. The number of carboxylic acid groups (broad SMARTS) is 2. The molecule has 1 unspecified atom stereocenters. The van der Waals surface area contributed by atoms with E-state index in [0.29, 0.717) is 37.7 Å². The molecule has 1 aromatic rings. The number of carbonyl (C=O) groups is 2. The molecule has 0 radical (unpaired) electrons. The molecule has 0 aromatic heterocycles. The van der Waals surface area contributed by atoms with Gasteiger partial charge in [0.2, 0.25) is 0 Å². The number of β-amino-alcohol motifs (C(OH)–C–C–N with tert-alkyl or cyclic N) is 1. The summed E-state index contributed by atoms with van der Waals surface area (Å²) in [5.41, 5.74) is 0.848. The van der Waals surface area contributed by atoms with Crippen LogP contribution in [0.4, 0.5) is 0 Å².